The van der Waals surface area contributed by atoms with E-state index in [4.69, 9.17) is 0 Å². The van der Waals surface area contributed by atoms with Gasteiger partial charge in [0.25, 0.3) is 0 Å². The van der Waals surface area contributed by atoms with Crippen LogP contribution in [0, 0.1) is 5.92 Å². The zero-order chi connectivity index (χ0) is 13.7. The summed E-state index contributed by atoms with van der Waals surface area (Å²) >= 11 is 0. The van der Waals surface area contributed by atoms with Gasteiger partial charge in [-0.1, -0.05) is 57.4 Å². The largest absolute Gasteiger partial charge is 0.385 e. The Morgan fingerprint density at radius 1 is 1.05 bits per heavy atom. The van der Waals surface area contributed by atoms with Crippen LogP contribution < -0.4 is 0 Å². The monoisotopic (exact) mass is 260 g/mol. The van der Waals surface area contributed by atoms with Crippen molar-refractivity contribution >= 4 is 0 Å². The highest BCUT2D eigenvalue weighted by atomic mass is 16.3. The van der Waals surface area contributed by atoms with E-state index in [9.17, 15) is 5.11 Å². The van der Waals surface area contributed by atoms with Crippen LogP contribution in [-0.4, -0.2) is 5.11 Å². The predicted octanol–water partition coefficient (Wildman–Crippen LogP) is 4.82. The van der Waals surface area contributed by atoms with Crippen molar-refractivity contribution in [2.75, 3.05) is 0 Å². The minimum Gasteiger partial charge on any atom is -0.385 e. The van der Waals surface area contributed by atoms with Crippen LogP contribution in [0.25, 0.3) is 0 Å². The van der Waals surface area contributed by atoms with E-state index < -0.39 is 5.60 Å². The molecule has 1 aliphatic carbocycles. The lowest BCUT2D eigenvalue weighted by Gasteiger charge is -2.36. The second kappa shape index (κ2) is 6.56. The Kier molecular flexibility index (Phi) is 5.04. The summed E-state index contributed by atoms with van der Waals surface area (Å²) in [5.74, 6) is 0.838. The summed E-state index contributed by atoms with van der Waals surface area (Å²) in [5, 5.41) is 10.8. The number of hydrogen-bond acceptors (Lipinski definition) is 1. The summed E-state index contributed by atoms with van der Waals surface area (Å²) in [6.07, 6.45) is 9.15. The van der Waals surface area contributed by atoms with Gasteiger partial charge in [-0.3, -0.25) is 0 Å². The molecule has 0 radical (unpaired) electrons. The lowest BCUT2D eigenvalue weighted by atomic mass is 9.74. The Hall–Kier alpha value is -0.820. The van der Waals surface area contributed by atoms with Gasteiger partial charge in [0.05, 0.1) is 5.60 Å². The smallest absolute Gasteiger partial charge is 0.0896 e. The quantitative estimate of drug-likeness (QED) is 0.805. The van der Waals surface area contributed by atoms with E-state index in [0.717, 1.165) is 30.7 Å². The molecule has 1 nitrogen and oxygen atoms in total. The summed E-state index contributed by atoms with van der Waals surface area (Å²) in [6, 6.07) is 8.67. The average Bonchev–Trinajstić information content (AvgIpc) is 2.43. The minimum absolute atomic E-state index is 0.561. The van der Waals surface area contributed by atoms with Gasteiger partial charge in [-0.05, 0) is 49.1 Å². The number of aryl methyl sites for hydroxylation is 1. The van der Waals surface area contributed by atoms with E-state index in [2.05, 4.69) is 38.1 Å². The molecule has 2 rings (SSSR count). The third kappa shape index (κ3) is 3.60. The molecular formula is C18H28O. The molecular weight excluding hydrogens is 232 g/mol. The van der Waals surface area contributed by atoms with Crippen molar-refractivity contribution in [1.82, 2.24) is 0 Å². The third-order valence-electron chi connectivity index (χ3n) is 4.66. The molecule has 0 heterocycles. The molecule has 0 aliphatic heterocycles. The lowest BCUT2D eigenvalue weighted by Crippen LogP contribution is -2.31. The molecule has 0 aromatic heterocycles. The molecule has 1 fully saturated rings. The first-order chi connectivity index (χ1) is 9.18. The molecule has 0 amide bonds. The van der Waals surface area contributed by atoms with E-state index in [-0.39, 0.29) is 0 Å². The number of benzene rings is 1. The molecule has 1 N–H and O–H groups in total. The van der Waals surface area contributed by atoms with Crippen LogP contribution in [0.15, 0.2) is 24.3 Å². The van der Waals surface area contributed by atoms with Crippen LogP contribution >= 0.6 is 0 Å². The van der Waals surface area contributed by atoms with Gasteiger partial charge in [0.2, 0.25) is 0 Å². The molecule has 0 spiro atoms. The van der Waals surface area contributed by atoms with E-state index >= 15 is 0 Å². The molecule has 1 aliphatic rings. The van der Waals surface area contributed by atoms with Crippen LogP contribution in [0.5, 0.6) is 0 Å². The zero-order valence-electron chi connectivity index (χ0n) is 12.5. The highest BCUT2D eigenvalue weighted by molar-refractivity contribution is 5.27. The Morgan fingerprint density at radius 2 is 1.68 bits per heavy atom. The molecule has 106 valence electrons. The van der Waals surface area contributed by atoms with Crippen molar-refractivity contribution in [3.05, 3.63) is 35.4 Å². The summed E-state index contributed by atoms with van der Waals surface area (Å²) in [4.78, 5) is 0. The summed E-state index contributed by atoms with van der Waals surface area (Å²) in [6.45, 7) is 4.46. The van der Waals surface area contributed by atoms with Gasteiger partial charge in [0.1, 0.15) is 0 Å². The van der Waals surface area contributed by atoms with Crippen molar-refractivity contribution in [2.45, 2.75) is 70.8 Å². The molecule has 0 bridgehead atoms. The van der Waals surface area contributed by atoms with Gasteiger partial charge in [0, 0.05) is 0 Å². The van der Waals surface area contributed by atoms with E-state index in [1.807, 2.05) is 0 Å². The second-order valence-corrected chi connectivity index (χ2v) is 6.21. The first-order valence-corrected chi connectivity index (χ1v) is 7.99. The van der Waals surface area contributed by atoms with Crippen molar-refractivity contribution in [3.63, 3.8) is 0 Å². The van der Waals surface area contributed by atoms with Gasteiger partial charge >= 0.3 is 0 Å². The first-order valence-electron chi connectivity index (χ1n) is 7.99. The Bertz CT molecular complexity index is 371. The van der Waals surface area contributed by atoms with Crippen LogP contribution in [0.1, 0.15) is 69.9 Å². The topological polar surface area (TPSA) is 20.2 Å². The SMILES string of the molecule is CCCc1ccc(C2(O)CCC(CCC)CC2)cc1. The first kappa shape index (κ1) is 14.6. The summed E-state index contributed by atoms with van der Waals surface area (Å²) < 4.78 is 0. The van der Waals surface area contributed by atoms with Gasteiger partial charge in [-0.25, -0.2) is 0 Å². The molecule has 1 aromatic rings. The maximum atomic E-state index is 10.8. The van der Waals surface area contributed by atoms with Gasteiger partial charge in [-0.15, -0.1) is 0 Å². The molecule has 1 aromatic carbocycles. The predicted molar refractivity (Wildman–Crippen MR) is 81.2 cm³/mol. The zero-order valence-corrected chi connectivity index (χ0v) is 12.5. The van der Waals surface area contributed by atoms with Gasteiger partial charge in [-0.2, -0.15) is 0 Å². The molecule has 0 saturated heterocycles. The molecule has 0 atom stereocenters. The Labute approximate surface area is 118 Å². The fourth-order valence-electron chi connectivity index (χ4n) is 3.41. The van der Waals surface area contributed by atoms with Crippen molar-refractivity contribution in [1.29, 1.82) is 0 Å². The van der Waals surface area contributed by atoms with E-state index in [1.165, 1.54) is 37.7 Å². The fraction of sp³-hybridized carbons (Fsp3) is 0.667. The molecule has 1 heteroatoms. The van der Waals surface area contributed by atoms with Crippen LogP contribution in [0.3, 0.4) is 0 Å². The normalized spacial score (nSPS) is 27.4. The Balaban J connectivity index is 2.00. The molecule has 1 saturated carbocycles. The number of aliphatic hydroxyl groups is 1. The lowest BCUT2D eigenvalue weighted by molar-refractivity contribution is -0.0152. The number of rotatable bonds is 5. The van der Waals surface area contributed by atoms with Crippen molar-refractivity contribution in [3.8, 4) is 0 Å². The van der Waals surface area contributed by atoms with E-state index in [0.29, 0.717) is 0 Å². The van der Waals surface area contributed by atoms with Crippen molar-refractivity contribution in [2.24, 2.45) is 5.92 Å². The Morgan fingerprint density at radius 3 is 2.21 bits per heavy atom. The highest BCUT2D eigenvalue weighted by Gasteiger charge is 2.34. The average molecular weight is 260 g/mol. The van der Waals surface area contributed by atoms with Gasteiger partial charge < -0.3 is 5.11 Å². The van der Waals surface area contributed by atoms with Gasteiger partial charge in [0.15, 0.2) is 0 Å². The van der Waals surface area contributed by atoms with Crippen molar-refractivity contribution < 1.29 is 5.11 Å². The summed E-state index contributed by atoms with van der Waals surface area (Å²) in [5.41, 5.74) is 1.95. The summed E-state index contributed by atoms with van der Waals surface area (Å²) in [7, 11) is 0. The van der Waals surface area contributed by atoms with Crippen LogP contribution in [-0.2, 0) is 12.0 Å². The minimum atomic E-state index is -0.561. The third-order valence-corrected chi connectivity index (χ3v) is 4.66. The maximum Gasteiger partial charge on any atom is 0.0896 e. The van der Waals surface area contributed by atoms with Crippen LogP contribution in [0.2, 0.25) is 0 Å². The molecule has 0 unspecified atom stereocenters. The maximum absolute atomic E-state index is 10.8. The number of hydrogen-bond donors (Lipinski definition) is 1. The molecule has 19 heavy (non-hydrogen) atoms. The standard InChI is InChI=1S/C18H28O/c1-3-5-15-7-9-17(10-8-15)18(19)13-11-16(6-4-2)12-14-18/h7-10,16,19H,3-6,11-14H2,1-2H3. The van der Waals surface area contributed by atoms with E-state index in [1.54, 1.807) is 0 Å². The van der Waals surface area contributed by atoms with Crippen LogP contribution in [0.4, 0.5) is 0 Å². The highest BCUT2D eigenvalue weighted by Crippen LogP contribution is 2.40. The second-order valence-electron chi connectivity index (χ2n) is 6.21. The fourth-order valence-corrected chi connectivity index (χ4v) is 3.41.